The highest BCUT2D eigenvalue weighted by Gasteiger charge is 2.24. The minimum Gasteiger partial charge on any atom is -0.497 e. The highest BCUT2D eigenvalue weighted by atomic mass is 16.5. The van der Waals surface area contributed by atoms with Crippen molar-refractivity contribution in [2.75, 3.05) is 7.11 Å². The standard InChI is InChI=1S/C20H27N3O2/c1-20(2,24)14-23-19(16-7-5-4-6-8-16)21-18(22-23)13-15-9-11-17(25-3)12-10-15/h4-5,9-12,16,24H,6-8,13-14H2,1-3H3/t16-/m0/s1. The molecule has 0 radical (unpaired) electrons. The summed E-state index contributed by atoms with van der Waals surface area (Å²) in [6, 6.07) is 7.99. The SMILES string of the molecule is COc1ccc(Cc2nc([C@H]3CC=CCC3)n(CC(C)(C)O)n2)cc1. The quantitative estimate of drug-likeness (QED) is 0.817. The number of methoxy groups -OCH3 is 1. The van der Waals surface area contributed by atoms with E-state index in [2.05, 4.69) is 12.2 Å². The fourth-order valence-corrected chi connectivity index (χ4v) is 3.22. The minimum absolute atomic E-state index is 0.379. The second-order valence-electron chi connectivity index (χ2n) is 7.36. The Hall–Kier alpha value is -2.14. The molecule has 5 nitrogen and oxygen atoms in total. The molecule has 1 heterocycles. The monoisotopic (exact) mass is 341 g/mol. The number of aliphatic hydroxyl groups is 1. The first-order chi connectivity index (χ1) is 11.9. The molecule has 1 aromatic heterocycles. The van der Waals surface area contributed by atoms with Gasteiger partial charge in [0.25, 0.3) is 0 Å². The van der Waals surface area contributed by atoms with E-state index in [9.17, 15) is 5.11 Å². The molecule has 2 aromatic rings. The molecule has 0 saturated carbocycles. The van der Waals surface area contributed by atoms with Crippen molar-refractivity contribution in [3.63, 3.8) is 0 Å². The van der Waals surface area contributed by atoms with Crippen LogP contribution in [0.15, 0.2) is 36.4 Å². The third kappa shape index (κ3) is 4.69. The molecule has 25 heavy (non-hydrogen) atoms. The molecule has 1 aliphatic rings. The Morgan fingerprint density at radius 3 is 2.60 bits per heavy atom. The highest BCUT2D eigenvalue weighted by Crippen LogP contribution is 2.29. The van der Waals surface area contributed by atoms with Gasteiger partial charge in [-0.3, -0.25) is 0 Å². The first-order valence-electron chi connectivity index (χ1n) is 8.88. The molecule has 0 saturated heterocycles. The number of rotatable bonds is 6. The summed E-state index contributed by atoms with van der Waals surface area (Å²) >= 11 is 0. The Morgan fingerprint density at radius 2 is 2.00 bits per heavy atom. The second kappa shape index (κ2) is 7.40. The number of nitrogens with zero attached hydrogens (tertiary/aromatic N) is 3. The molecular formula is C20H27N3O2. The lowest BCUT2D eigenvalue weighted by atomic mass is 9.93. The van der Waals surface area contributed by atoms with Gasteiger partial charge in [-0.05, 0) is 50.8 Å². The molecule has 1 atom stereocenters. The van der Waals surface area contributed by atoms with Crippen molar-refractivity contribution in [3.05, 3.63) is 53.6 Å². The molecule has 5 heteroatoms. The second-order valence-corrected chi connectivity index (χ2v) is 7.36. The fourth-order valence-electron chi connectivity index (χ4n) is 3.22. The fraction of sp³-hybridized carbons (Fsp3) is 0.500. The van der Waals surface area contributed by atoms with E-state index in [0.717, 1.165) is 42.2 Å². The summed E-state index contributed by atoms with van der Waals surface area (Å²) < 4.78 is 7.11. The maximum atomic E-state index is 10.2. The van der Waals surface area contributed by atoms with Crippen molar-refractivity contribution in [2.45, 2.75) is 57.6 Å². The molecule has 1 aliphatic carbocycles. The molecule has 0 aliphatic heterocycles. The van der Waals surface area contributed by atoms with Gasteiger partial charge in [-0.1, -0.05) is 24.3 Å². The number of benzene rings is 1. The van der Waals surface area contributed by atoms with E-state index in [4.69, 9.17) is 14.8 Å². The zero-order chi connectivity index (χ0) is 17.9. The molecule has 0 unspecified atom stereocenters. The van der Waals surface area contributed by atoms with Gasteiger partial charge >= 0.3 is 0 Å². The molecule has 0 bridgehead atoms. The lowest BCUT2D eigenvalue weighted by molar-refractivity contribution is 0.0561. The number of ether oxygens (including phenoxy) is 1. The van der Waals surface area contributed by atoms with Crippen LogP contribution in [0.3, 0.4) is 0 Å². The summed E-state index contributed by atoms with van der Waals surface area (Å²) in [6.07, 6.45) is 8.29. The lowest BCUT2D eigenvalue weighted by Crippen LogP contribution is -2.28. The lowest BCUT2D eigenvalue weighted by Gasteiger charge is -2.22. The third-order valence-corrected chi connectivity index (χ3v) is 4.44. The van der Waals surface area contributed by atoms with Gasteiger partial charge in [0.2, 0.25) is 0 Å². The van der Waals surface area contributed by atoms with E-state index in [0.29, 0.717) is 18.9 Å². The Bertz CT molecular complexity index is 726. The molecule has 1 aromatic carbocycles. The maximum Gasteiger partial charge on any atom is 0.155 e. The predicted octanol–water partition coefficient (Wildman–Crippen LogP) is 3.47. The van der Waals surface area contributed by atoms with Crippen LogP contribution in [0.2, 0.25) is 0 Å². The molecule has 1 N–H and O–H groups in total. The summed E-state index contributed by atoms with van der Waals surface area (Å²) in [5, 5.41) is 14.9. The average Bonchev–Trinajstić information content (AvgIpc) is 2.96. The van der Waals surface area contributed by atoms with Crippen LogP contribution in [0.4, 0.5) is 0 Å². The van der Waals surface area contributed by atoms with Gasteiger partial charge in [0, 0.05) is 12.3 Å². The van der Waals surface area contributed by atoms with E-state index in [-0.39, 0.29) is 0 Å². The number of hydrogen-bond donors (Lipinski definition) is 1. The van der Waals surface area contributed by atoms with E-state index >= 15 is 0 Å². The first-order valence-corrected chi connectivity index (χ1v) is 8.88. The Morgan fingerprint density at radius 1 is 1.24 bits per heavy atom. The van der Waals surface area contributed by atoms with Gasteiger partial charge in [0.05, 0.1) is 19.3 Å². The van der Waals surface area contributed by atoms with Gasteiger partial charge in [0.15, 0.2) is 5.82 Å². The Labute approximate surface area is 149 Å². The molecular weight excluding hydrogens is 314 g/mol. The van der Waals surface area contributed by atoms with Crippen molar-refractivity contribution >= 4 is 0 Å². The zero-order valence-corrected chi connectivity index (χ0v) is 15.3. The van der Waals surface area contributed by atoms with Crippen LogP contribution < -0.4 is 4.74 Å². The largest absolute Gasteiger partial charge is 0.497 e. The highest BCUT2D eigenvalue weighted by molar-refractivity contribution is 5.28. The number of allylic oxidation sites excluding steroid dienone is 2. The van der Waals surface area contributed by atoms with E-state index in [1.54, 1.807) is 7.11 Å². The topological polar surface area (TPSA) is 60.2 Å². The van der Waals surface area contributed by atoms with Crippen LogP contribution in [0.5, 0.6) is 5.75 Å². The van der Waals surface area contributed by atoms with Gasteiger partial charge in [0.1, 0.15) is 11.6 Å². The van der Waals surface area contributed by atoms with Crippen molar-refractivity contribution in [3.8, 4) is 5.75 Å². The number of hydrogen-bond acceptors (Lipinski definition) is 4. The summed E-state index contributed by atoms with van der Waals surface area (Å²) in [5.41, 5.74) is 0.334. The van der Waals surface area contributed by atoms with Gasteiger partial charge < -0.3 is 9.84 Å². The Kier molecular flexibility index (Phi) is 5.23. The summed E-state index contributed by atoms with van der Waals surface area (Å²) in [7, 11) is 1.67. The van der Waals surface area contributed by atoms with Crippen LogP contribution in [0.1, 0.15) is 56.2 Å². The Balaban J connectivity index is 1.84. The van der Waals surface area contributed by atoms with Crippen molar-refractivity contribution in [2.24, 2.45) is 0 Å². The zero-order valence-electron chi connectivity index (χ0n) is 15.3. The van der Waals surface area contributed by atoms with E-state index in [1.165, 1.54) is 0 Å². The van der Waals surface area contributed by atoms with Crippen molar-refractivity contribution in [1.29, 1.82) is 0 Å². The predicted molar refractivity (Wildman–Crippen MR) is 97.9 cm³/mol. The summed E-state index contributed by atoms with van der Waals surface area (Å²) in [4.78, 5) is 4.83. The smallest absolute Gasteiger partial charge is 0.155 e. The van der Waals surface area contributed by atoms with Gasteiger partial charge in [-0.25, -0.2) is 9.67 Å². The molecule has 134 valence electrons. The molecule has 0 fully saturated rings. The summed E-state index contributed by atoms with van der Waals surface area (Å²) in [5.74, 6) is 3.03. The van der Waals surface area contributed by atoms with E-state index in [1.807, 2.05) is 42.8 Å². The van der Waals surface area contributed by atoms with Crippen LogP contribution in [-0.2, 0) is 13.0 Å². The van der Waals surface area contributed by atoms with Gasteiger partial charge in [-0.15, -0.1) is 0 Å². The molecule has 0 spiro atoms. The van der Waals surface area contributed by atoms with Crippen LogP contribution in [0.25, 0.3) is 0 Å². The van der Waals surface area contributed by atoms with Crippen LogP contribution in [0, 0.1) is 0 Å². The van der Waals surface area contributed by atoms with Crippen LogP contribution >= 0.6 is 0 Å². The van der Waals surface area contributed by atoms with Crippen molar-refractivity contribution < 1.29 is 9.84 Å². The average molecular weight is 341 g/mol. The molecule has 0 amide bonds. The minimum atomic E-state index is -0.815. The third-order valence-electron chi connectivity index (χ3n) is 4.44. The summed E-state index contributed by atoms with van der Waals surface area (Å²) in [6.45, 7) is 4.07. The maximum absolute atomic E-state index is 10.2. The molecule has 3 rings (SSSR count). The van der Waals surface area contributed by atoms with E-state index < -0.39 is 5.60 Å². The first kappa shape index (κ1) is 17.7. The number of aromatic nitrogens is 3. The van der Waals surface area contributed by atoms with Crippen LogP contribution in [-0.4, -0.2) is 32.6 Å². The van der Waals surface area contributed by atoms with Crippen molar-refractivity contribution in [1.82, 2.24) is 14.8 Å². The van der Waals surface area contributed by atoms with Gasteiger partial charge in [-0.2, -0.15) is 5.10 Å². The normalized spacial score (nSPS) is 17.7.